The molecule has 0 atom stereocenters. The van der Waals surface area contributed by atoms with Crippen molar-refractivity contribution in [3.05, 3.63) is 70.4 Å². The number of fused-ring (bicyclic) bond motifs is 2. The summed E-state index contributed by atoms with van der Waals surface area (Å²) in [5.74, 6) is 0.746. The van der Waals surface area contributed by atoms with Crippen molar-refractivity contribution in [2.75, 3.05) is 5.73 Å². The molecule has 28 heavy (non-hydrogen) atoms. The van der Waals surface area contributed by atoms with Gasteiger partial charge in [0.2, 0.25) is 5.78 Å². The largest absolute Gasteiger partial charge is 0.464 e. The zero-order valence-electron chi connectivity index (χ0n) is 15.4. The van der Waals surface area contributed by atoms with Gasteiger partial charge < -0.3 is 10.2 Å². The van der Waals surface area contributed by atoms with Crippen LogP contribution in [-0.2, 0) is 12.8 Å². The average molecular weight is 388 g/mol. The van der Waals surface area contributed by atoms with Crippen molar-refractivity contribution >= 4 is 33.0 Å². The molecule has 1 aliphatic carbocycles. The fraction of sp³-hybridized carbons (Fsp3) is 0.217. The number of anilines is 1. The van der Waals surface area contributed by atoms with E-state index in [9.17, 15) is 4.79 Å². The molecule has 3 aromatic heterocycles. The molecule has 0 unspecified atom stereocenters. The second-order valence-corrected chi connectivity index (χ2v) is 8.17. The SMILES string of the molecule is Nc1c(C(=O)c2ccccc2)sc2nc3c(c(-c4ccco4)c12)CCCCC3. The van der Waals surface area contributed by atoms with Crippen molar-refractivity contribution in [1.29, 1.82) is 0 Å². The summed E-state index contributed by atoms with van der Waals surface area (Å²) in [6.07, 6.45) is 7.08. The number of carbonyl (C=O) groups is 1. The summed E-state index contributed by atoms with van der Waals surface area (Å²) in [6, 6.07) is 13.1. The van der Waals surface area contributed by atoms with Gasteiger partial charge in [0.15, 0.2) is 0 Å². The van der Waals surface area contributed by atoms with Crippen LogP contribution < -0.4 is 5.73 Å². The highest BCUT2D eigenvalue weighted by molar-refractivity contribution is 7.21. The molecular weight excluding hydrogens is 368 g/mol. The molecule has 0 amide bonds. The predicted octanol–water partition coefficient (Wildman–Crippen LogP) is 5.64. The van der Waals surface area contributed by atoms with Crippen LogP contribution in [0.5, 0.6) is 0 Å². The monoisotopic (exact) mass is 388 g/mol. The number of aromatic nitrogens is 1. The third kappa shape index (κ3) is 2.74. The van der Waals surface area contributed by atoms with Gasteiger partial charge in [0.1, 0.15) is 15.5 Å². The number of nitrogen functional groups attached to an aromatic ring is 1. The van der Waals surface area contributed by atoms with Gasteiger partial charge in [-0.2, -0.15) is 0 Å². The van der Waals surface area contributed by atoms with Gasteiger partial charge in [0, 0.05) is 22.2 Å². The van der Waals surface area contributed by atoms with E-state index >= 15 is 0 Å². The molecule has 1 aromatic carbocycles. The molecule has 4 aromatic rings. The smallest absolute Gasteiger partial charge is 0.205 e. The van der Waals surface area contributed by atoms with Gasteiger partial charge in [0.05, 0.1) is 12.0 Å². The van der Waals surface area contributed by atoms with E-state index in [4.69, 9.17) is 15.1 Å². The van der Waals surface area contributed by atoms with E-state index in [1.54, 1.807) is 6.26 Å². The van der Waals surface area contributed by atoms with E-state index in [2.05, 4.69) is 0 Å². The van der Waals surface area contributed by atoms with Gasteiger partial charge in [-0.25, -0.2) is 4.98 Å². The molecule has 1 aliphatic rings. The summed E-state index contributed by atoms with van der Waals surface area (Å²) in [5.41, 5.74) is 11.1. The lowest BCUT2D eigenvalue weighted by Crippen LogP contribution is -2.03. The molecule has 0 radical (unpaired) electrons. The van der Waals surface area contributed by atoms with Gasteiger partial charge in [-0.15, -0.1) is 11.3 Å². The number of ketones is 1. The minimum atomic E-state index is -0.0540. The Morgan fingerprint density at radius 1 is 1.04 bits per heavy atom. The molecule has 5 rings (SSSR count). The molecule has 2 N–H and O–H groups in total. The lowest BCUT2D eigenvalue weighted by molar-refractivity contribution is 0.104. The molecule has 5 heteroatoms. The normalized spacial score (nSPS) is 14.0. The maximum atomic E-state index is 13.1. The quantitative estimate of drug-likeness (QED) is 0.364. The maximum Gasteiger partial charge on any atom is 0.205 e. The van der Waals surface area contributed by atoms with Gasteiger partial charge in [-0.05, 0) is 43.4 Å². The van der Waals surface area contributed by atoms with Gasteiger partial charge >= 0.3 is 0 Å². The molecular formula is C23H20N2O2S. The molecule has 4 nitrogen and oxygen atoms in total. The summed E-state index contributed by atoms with van der Waals surface area (Å²) < 4.78 is 5.78. The Balaban J connectivity index is 1.78. The number of furan rings is 1. The van der Waals surface area contributed by atoms with E-state index in [1.807, 2.05) is 42.5 Å². The highest BCUT2D eigenvalue weighted by atomic mass is 32.1. The minimum Gasteiger partial charge on any atom is -0.464 e. The van der Waals surface area contributed by atoms with Crippen LogP contribution in [-0.4, -0.2) is 10.8 Å². The van der Waals surface area contributed by atoms with Crippen LogP contribution in [0.15, 0.2) is 53.1 Å². The van der Waals surface area contributed by atoms with E-state index < -0.39 is 0 Å². The number of nitrogens with zero attached hydrogens (tertiary/aromatic N) is 1. The lowest BCUT2D eigenvalue weighted by Gasteiger charge is -2.12. The van der Waals surface area contributed by atoms with Gasteiger partial charge in [0.25, 0.3) is 0 Å². The topological polar surface area (TPSA) is 69.1 Å². The first-order valence-electron chi connectivity index (χ1n) is 9.61. The number of nitrogens with two attached hydrogens (primary N) is 1. The van der Waals surface area contributed by atoms with Crippen LogP contribution in [0.3, 0.4) is 0 Å². The summed E-state index contributed by atoms with van der Waals surface area (Å²) in [4.78, 5) is 19.4. The third-order valence-electron chi connectivity index (χ3n) is 5.41. The summed E-state index contributed by atoms with van der Waals surface area (Å²) >= 11 is 1.39. The Hall–Kier alpha value is -2.92. The number of aryl methyl sites for hydroxylation is 1. The molecule has 140 valence electrons. The van der Waals surface area contributed by atoms with Gasteiger partial charge in [-0.1, -0.05) is 36.8 Å². The summed E-state index contributed by atoms with van der Waals surface area (Å²) in [7, 11) is 0. The molecule has 3 heterocycles. The first-order chi connectivity index (χ1) is 13.7. The number of benzene rings is 1. The van der Waals surface area contributed by atoms with Crippen LogP contribution in [0.25, 0.3) is 21.5 Å². The zero-order chi connectivity index (χ0) is 19.1. The summed E-state index contributed by atoms with van der Waals surface area (Å²) in [5, 5.41) is 0.861. The Labute approximate surface area is 167 Å². The molecule has 0 spiro atoms. The van der Waals surface area contributed by atoms with Crippen LogP contribution in [0.2, 0.25) is 0 Å². The fourth-order valence-electron chi connectivity index (χ4n) is 4.07. The standard InChI is InChI=1S/C23H20N2O2S/c24-20-19-18(17-12-7-13-27-17)15-10-5-2-6-11-16(15)25-23(19)28-22(20)21(26)14-8-3-1-4-9-14/h1,3-4,7-9,12-13H,2,5-6,10-11,24H2. The molecule has 0 fully saturated rings. The van der Waals surface area contributed by atoms with E-state index in [0.717, 1.165) is 52.9 Å². The Morgan fingerprint density at radius 3 is 2.64 bits per heavy atom. The molecule has 0 bridgehead atoms. The van der Waals surface area contributed by atoms with Crippen molar-refractivity contribution < 1.29 is 9.21 Å². The fourth-order valence-corrected chi connectivity index (χ4v) is 5.15. The van der Waals surface area contributed by atoms with E-state index in [1.165, 1.54) is 23.3 Å². The first-order valence-corrected chi connectivity index (χ1v) is 10.4. The van der Waals surface area contributed by atoms with Crippen molar-refractivity contribution in [1.82, 2.24) is 4.98 Å². The molecule has 0 saturated heterocycles. The van der Waals surface area contributed by atoms with E-state index in [0.29, 0.717) is 16.1 Å². The number of hydrogen-bond acceptors (Lipinski definition) is 5. The number of rotatable bonds is 3. The molecule has 0 aliphatic heterocycles. The Kier molecular flexibility index (Phi) is 4.24. The van der Waals surface area contributed by atoms with Crippen molar-refractivity contribution in [3.63, 3.8) is 0 Å². The van der Waals surface area contributed by atoms with Crippen molar-refractivity contribution in [2.45, 2.75) is 32.1 Å². The van der Waals surface area contributed by atoms with Crippen LogP contribution >= 0.6 is 11.3 Å². The van der Waals surface area contributed by atoms with Crippen molar-refractivity contribution in [3.8, 4) is 11.3 Å². The average Bonchev–Trinajstić information content (AvgIpc) is 3.29. The number of hydrogen-bond donors (Lipinski definition) is 1. The van der Waals surface area contributed by atoms with Crippen LogP contribution in [0.4, 0.5) is 5.69 Å². The first kappa shape index (κ1) is 17.2. The minimum absolute atomic E-state index is 0.0540. The zero-order valence-corrected chi connectivity index (χ0v) is 16.2. The van der Waals surface area contributed by atoms with Gasteiger partial charge in [-0.3, -0.25) is 4.79 Å². The summed E-state index contributed by atoms with van der Waals surface area (Å²) in [6.45, 7) is 0. The van der Waals surface area contributed by atoms with Crippen molar-refractivity contribution in [2.24, 2.45) is 0 Å². The second-order valence-electron chi connectivity index (χ2n) is 7.17. The highest BCUT2D eigenvalue weighted by Crippen LogP contribution is 2.44. The maximum absolute atomic E-state index is 13.1. The van der Waals surface area contributed by atoms with E-state index in [-0.39, 0.29) is 5.78 Å². The molecule has 0 saturated carbocycles. The Bertz CT molecular complexity index is 1160. The highest BCUT2D eigenvalue weighted by Gasteiger charge is 2.26. The predicted molar refractivity (Wildman–Crippen MR) is 113 cm³/mol. The van der Waals surface area contributed by atoms with Crippen LogP contribution in [0.1, 0.15) is 45.8 Å². The third-order valence-corrected chi connectivity index (χ3v) is 6.51. The number of pyridine rings is 1. The number of carbonyl (C=O) groups excluding carboxylic acids is 1. The van der Waals surface area contributed by atoms with Crippen LogP contribution in [0, 0.1) is 0 Å². The number of thiophene rings is 1. The lowest BCUT2D eigenvalue weighted by atomic mass is 9.96. The Morgan fingerprint density at radius 2 is 1.86 bits per heavy atom. The second kappa shape index (κ2) is 6.91.